The number of hydrogen-bond donors (Lipinski definition) is 1. The first kappa shape index (κ1) is 7.03. The van der Waals surface area contributed by atoms with Gasteiger partial charge in [0.15, 0.2) is 0 Å². The van der Waals surface area contributed by atoms with E-state index >= 15 is 0 Å². The van der Waals surface area contributed by atoms with E-state index in [1.54, 1.807) is 13.8 Å². The van der Waals surface area contributed by atoms with E-state index in [1.807, 2.05) is 0 Å². The van der Waals surface area contributed by atoms with Crippen molar-refractivity contribution in [2.24, 2.45) is 0 Å². The average molecular weight is 111 g/mol. The number of hydrogen-bond acceptors (Lipinski definition) is 1. The maximum Gasteiger partial charge on any atom is 0.231 e. The van der Waals surface area contributed by atoms with E-state index in [0.29, 0.717) is 6.42 Å². The first-order valence-electron chi connectivity index (χ1n) is 2.51. The molecule has 0 radical (unpaired) electrons. The van der Waals surface area contributed by atoms with Gasteiger partial charge in [0.05, 0.1) is 0 Å². The molecule has 44 valence electrons. The standard InChI is InChI=1S/C6H9NO/c1-3-5-7-6(8)4-2/h4H2,1-2H3,(H,7,8). The van der Waals surface area contributed by atoms with E-state index in [1.165, 1.54) is 0 Å². The molecular weight excluding hydrogens is 102 g/mol. The highest BCUT2D eigenvalue weighted by atomic mass is 16.1. The van der Waals surface area contributed by atoms with E-state index in [0.717, 1.165) is 0 Å². The van der Waals surface area contributed by atoms with Crippen molar-refractivity contribution in [2.75, 3.05) is 0 Å². The van der Waals surface area contributed by atoms with Gasteiger partial charge in [0.1, 0.15) is 0 Å². The van der Waals surface area contributed by atoms with Crippen LogP contribution < -0.4 is 5.32 Å². The van der Waals surface area contributed by atoms with Crippen molar-refractivity contribution >= 4 is 5.91 Å². The largest absolute Gasteiger partial charge is 0.285 e. The molecule has 0 saturated heterocycles. The van der Waals surface area contributed by atoms with Gasteiger partial charge in [0.25, 0.3) is 0 Å². The summed E-state index contributed by atoms with van der Waals surface area (Å²) < 4.78 is 0. The van der Waals surface area contributed by atoms with Crippen LogP contribution in [0.1, 0.15) is 20.3 Å². The van der Waals surface area contributed by atoms with Gasteiger partial charge in [0.2, 0.25) is 5.91 Å². The zero-order valence-electron chi connectivity index (χ0n) is 5.12. The lowest BCUT2D eigenvalue weighted by molar-refractivity contribution is -0.119. The van der Waals surface area contributed by atoms with E-state index in [4.69, 9.17) is 0 Å². The van der Waals surface area contributed by atoms with Crippen LogP contribution >= 0.6 is 0 Å². The molecule has 0 spiro atoms. The molecule has 1 N–H and O–H groups in total. The number of carbonyl (C=O) groups excluding carboxylic acids is 1. The van der Waals surface area contributed by atoms with E-state index in [9.17, 15) is 4.79 Å². The molecule has 0 saturated carbocycles. The monoisotopic (exact) mass is 111 g/mol. The second-order valence-electron chi connectivity index (χ2n) is 1.28. The van der Waals surface area contributed by atoms with Gasteiger partial charge in [-0.3, -0.25) is 10.1 Å². The summed E-state index contributed by atoms with van der Waals surface area (Å²) in [5.41, 5.74) is 0. The van der Waals surface area contributed by atoms with Crippen molar-refractivity contribution in [3.8, 4) is 12.0 Å². The maximum atomic E-state index is 10.4. The third-order valence-electron chi connectivity index (χ3n) is 0.648. The zero-order chi connectivity index (χ0) is 6.41. The highest BCUT2D eigenvalue weighted by molar-refractivity contribution is 5.77. The van der Waals surface area contributed by atoms with Crippen LogP contribution in [0.5, 0.6) is 0 Å². The first-order valence-corrected chi connectivity index (χ1v) is 2.51. The SMILES string of the molecule is CC#CNC(=O)CC. The average Bonchev–Trinajstić information content (AvgIpc) is 1.83. The van der Waals surface area contributed by atoms with Gasteiger partial charge in [-0.05, 0) is 6.92 Å². The molecule has 1 amide bonds. The Kier molecular flexibility index (Phi) is 3.69. The molecule has 0 aromatic rings. The van der Waals surface area contributed by atoms with Gasteiger partial charge >= 0.3 is 0 Å². The molecule has 0 unspecified atom stereocenters. The summed E-state index contributed by atoms with van der Waals surface area (Å²) >= 11 is 0. The van der Waals surface area contributed by atoms with Gasteiger partial charge in [-0.25, -0.2) is 0 Å². The Balaban J connectivity index is 3.35. The number of nitrogens with one attached hydrogen (secondary N) is 1. The van der Waals surface area contributed by atoms with Crippen molar-refractivity contribution in [3.05, 3.63) is 0 Å². The summed E-state index contributed by atoms with van der Waals surface area (Å²) in [6, 6.07) is 2.45. The summed E-state index contributed by atoms with van der Waals surface area (Å²) in [5, 5.41) is 2.38. The number of amides is 1. The van der Waals surface area contributed by atoms with Crippen LogP contribution in [0.2, 0.25) is 0 Å². The van der Waals surface area contributed by atoms with Gasteiger partial charge in [-0.15, -0.1) is 0 Å². The van der Waals surface area contributed by atoms with Gasteiger partial charge in [-0.2, -0.15) is 0 Å². The molecule has 8 heavy (non-hydrogen) atoms. The minimum absolute atomic E-state index is 0.0284. The van der Waals surface area contributed by atoms with Crippen LogP contribution in [0.4, 0.5) is 0 Å². The molecule has 0 aromatic heterocycles. The summed E-state index contributed by atoms with van der Waals surface area (Å²) in [7, 11) is 0. The predicted octanol–water partition coefficient (Wildman–Crippen LogP) is 0.493. The summed E-state index contributed by atoms with van der Waals surface area (Å²) in [6.07, 6.45) is 0.495. The van der Waals surface area contributed by atoms with E-state index in [-0.39, 0.29) is 5.91 Å². The van der Waals surface area contributed by atoms with Crippen molar-refractivity contribution in [1.82, 2.24) is 5.32 Å². The summed E-state index contributed by atoms with van der Waals surface area (Å²) in [6.45, 7) is 3.46. The zero-order valence-corrected chi connectivity index (χ0v) is 5.12. The molecule has 0 aliphatic carbocycles. The Morgan fingerprint density at radius 3 is 2.75 bits per heavy atom. The first-order chi connectivity index (χ1) is 3.81. The normalized spacial score (nSPS) is 6.75. The molecule has 0 heterocycles. The van der Waals surface area contributed by atoms with E-state index < -0.39 is 0 Å². The molecule has 0 fully saturated rings. The number of rotatable bonds is 1. The highest BCUT2D eigenvalue weighted by Crippen LogP contribution is 1.70. The second-order valence-corrected chi connectivity index (χ2v) is 1.28. The van der Waals surface area contributed by atoms with Crippen molar-refractivity contribution in [2.45, 2.75) is 20.3 Å². The molecule has 0 aliphatic heterocycles. The molecule has 2 heteroatoms. The second kappa shape index (κ2) is 4.20. The molecular formula is C6H9NO. The van der Waals surface area contributed by atoms with Gasteiger partial charge in [0, 0.05) is 12.5 Å². The minimum atomic E-state index is -0.0284. The Morgan fingerprint density at radius 2 is 2.38 bits per heavy atom. The predicted molar refractivity (Wildman–Crippen MR) is 31.9 cm³/mol. The van der Waals surface area contributed by atoms with Crippen molar-refractivity contribution in [3.63, 3.8) is 0 Å². The lowest BCUT2D eigenvalue weighted by atomic mass is 10.5. The molecule has 2 nitrogen and oxygen atoms in total. The third-order valence-corrected chi connectivity index (χ3v) is 0.648. The van der Waals surface area contributed by atoms with Crippen molar-refractivity contribution in [1.29, 1.82) is 0 Å². The maximum absolute atomic E-state index is 10.4. The molecule has 0 bridgehead atoms. The Hall–Kier alpha value is -0.970. The van der Waals surface area contributed by atoms with Crippen LogP contribution in [0.25, 0.3) is 0 Å². The summed E-state index contributed by atoms with van der Waals surface area (Å²) in [4.78, 5) is 10.4. The van der Waals surface area contributed by atoms with Crippen molar-refractivity contribution < 1.29 is 4.79 Å². The lowest BCUT2D eigenvalue weighted by Crippen LogP contribution is -2.15. The third kappa shape index (κ3) is 3.23. The topological polar surface area (TPSA) is 29.1 Å². The molecule has 0 atom stereocenters. The van der Waals surface area contributed by atoms with Crippen LogP contribution in [0.3, 0.4) is 0 Å². The summed E-state index contributed by atoms with van der Waals surface area (Å²) in [5.74, 6) is 2.52. The lowest BCUT2D eigenvalue weighted by Gasteiger charge is -1.87. The Morgan fingerprint density at radius 1 is 1.75 bits per heavy atom. The van der Waals surface area contributed by atoms with Crippen LogP contribution in [0.15, 0.2) is 0 Å². The molecule has 0 aromatic carbocycles. The highest BCUT2D eigenvalue weighted by Gasteiger charge is 1.87. The Bertz CT molecular complexity index is 129. The van der Waals surface area contributed by atoms with Crippen LogP contribution in [-0.2, 0) is 4.79 Å². The molecule has 0 rings (SSSR count). The molecule has 0 aliphatic rings. The van der Waals surface area contributed by atoms with Crippen LogP contribution in [0, 0.1) is 12.0 Å². The Labute approximate surface area is 49.3 Å². The fourth-order valence-electron chi connectivity index (χ4n) is 0.221. The van der Waals surface area contributed by atoms with E-state index in [2.05, 4.69) is 17.3 Å². The smallest absolute Gasteiger partial charge is 0.231 e. The quantitative estimate of drug-likeness (QED) is 0.387. The van der Waals surface area contributed by atoms with Crippen LogP contribution in [-0.4, -0.2) is 5.91 Å². The minimum Gasteiger partial charge on any atom is -0.285 e. The fraction of sp³-hybridized carbons (Fsp3) is 0.500. The number of carbonyl (C=O) groups is 1. The fourth-order valence-corrected chi connectivity index (χ4v) is 0.221. The van der Waals surface area contributed by atoms with Gasteiger partial charge in [-0.1, -0.05) is 12.8 Å². The van der Waals surface area contributed by atoms with Gasteiger partial charge < -0.3 is 0 Å².